The molecule has 2 aromatic heterocycles. The fourth-order valence-electron chi connectivity index (χ4n) is 2.81. The van der Waals surface area contributed by atoms with Crippen LogP contribution in [0.4, 0.5) is 0 Å². The molecule has 2 nitrogen and oxygen atoms in total. The van der Waals surface area contributed by atoms with Gasteiger partial charge in [0, 0.05) is 17.1 Å². The van der Waals surface area contributed by atoms with Crippen LogP contribution in [0.2, 0.25) is 0 Å². The van der Waals surface area contributed by atoms with E-state index in [2.05, 4.69) is 4.98 Å². The SMILES string of the molecule is O=C(C=Cc1ccccc1)c1sc2ncccc2c1-c1ccccc1. The van der Waals surface area contributed by atoms with Crippen molar-refractivity contribution in [3.63, 3.8) is 0 Å². The van der Waals surface area contributed by atoms with Crippen molar-refractivity contribution >= 4 is 33.4 Å². The number of aromatic nitrogens is 1. The fraction of sp³-hybridized carbons (Fsp3) is 0. The lowest BCUT2D eigenvalue weighted by atomic mass is 10.0. The van der Waals surface area contributed by atoms with Crippen LogP contribution >= 0.6 is 11.3 Å². The fourth-order valence-corrected chi connectivity index (χ4v) is 3.89. The highest BCUT2D eigenvalue weighted by Crippen LogP contribution is 2.38. The molecule has 0 aliphatic carbocycles. The van der Waals surface area contributed by atoms with Crippen LogP contribution < -0.4 is 0 Å². The molecule has 0 N–H and O–H groups in total. The van der Waals surface area contributed by atoms with Crippen molar-refractivity contribution in [2.75, 3.05) is 0 Å². The second-order valence-electron chi connectivity index (χ2n) is 5.64. The van der Waals surface area contributed by atoms with Crippen LogP contribution in [0.5, 0.6) is 0 Å². The van der Waals surface area contributed by atoms with E-state index in [0.29, 0.717) is 0 Å². The monoisotopic (exact) mass is 341 g/mol. The summed E-state index contributed by atoms with van der Waals surface area (Å²) in [5.74, 6) is 0.00528. The van der Waals surface area contributed by atoms with Gasteiger partial charge in [-0.25, -0.2) is 4.98 Å². The third-order valence-electron chi connectivity index (χ3n) is 3.98. The van der Waals surface area contributed by atoms with Gasteiger partial charge in [-0.3, -0.25) is 4.79 Å². The van der Waals surface area contributed by atoms with Gasteiger partial charge in [-0.05, 0) is 29.3 Å². The minimum absolute atomic E-state index is 0.00528. The number of ketones is 1. The number of carbonyl (C=O) groups excluding carboxylic acids is 1. The Morgan fingerprint density at radius 1 is 0.880 bits per heavy atom. The van der Waals surface area contributed by atoms with Crippen molar-refractivity contribution < 1.29 is 4.79 Å². The van der Waals surface area contributed by atoms with Crippen LogP contribution in [0.1, 0.15) is 15.2 Å². The third kappa shape index (κ3) is 3.14. The molecule has 0 aliphatic rings. The number of rotatable bonds is 4. The van der Waals surface area contributed by atoms with E-state index in [-0.39, 0.29) is 5.78 Å². The number of hydrogen-bond acceptors (Lipinski definition) is 3. The van der Waals surface area contributed by atoms with E-state index in [1.165, 1.54) is 11.3 Å². The first-order valence-electron chi connectivity index (χ1n) is 8.03. The normalized spacial score (nSPS) is 11.2. The molecule has 25 heavy (non-hydrogen) atoms. The van der Waals surface area contributed by atoms with Gasteiger partial charge in [0.05, 0.1) is 4.88 Å². The number of thiophene rings is 1. The maximum atomic E-state index is 12.9. The summed E-state index contributed by atoms with van der Waals surface area (Å²) in [4.78, 5) is 18.9. The molecule has 4 rings (SSSR count). The van der Waals surface area contributed by atoms with Gasteiger partial charge in [0.25, 0.3) is 0 Å². The van der Waals surface area contributed by atoms with E-state index in [0.717, 1.165) is 31.8 Å². The van der Waals surface area contributed by atoms with E-state index in [1.807, 2.05) is 78.9 Å². The van der Waals surface area contributed by atoms with Crippen molar-refractivity contribution in [3.8, 4) is 11.1 Å². The van der Waals surface area contributed by atoms with E-state index < -0.39 is 0 Å². The van der Waals surface area contributed by atoms with Crippen molar-refractivity contribution in [1.29, 1.82) is 0 Å². The Bertz CT molecular complexity index is 1050. The quantitative estimate of drug-likeness (QED) is 0.344. The summed E-state index contributed by atoms with van der Waals surface area (Å²) in [6, 6.07) is 23.8. The van der Waals surface area contributed by atoms with Crippen molar-refractivity contribution in [2.45, 2.75) is 0 Å². The van der Waals surface area contributed by atoms with Gasteiger partial charge in [0.15, 0.2) is 5.78 Å². The second-order valence-corrected chi connectivity index (χ2v) is 6.64. The minimum atomic E-state index is 0.00528. The van der Waals surface area contributed by atoms with Crippen LogP contribution in [0.25, 0.3) is 27.4 Å². The number of fused-ring (bicyclic) bond motifs is 1. The molecule has 0 unspecified atom stereocenters. The lowest BCUT2D eigenvalue weighted by Crippen LogP contribution is -1.93. The number of carbonyl (C=O) groups is 1. The number of nitrogens with zero attached hydrogens (tertiary/aromatic N) is 1. The molecule has 0 amide bonds. The number of allylic oxidation sites excluding steroid dienone is 1. The Labute approximate surface area is 150 Å². The van der Waals surface area contributed by atoms with Gasteiger partial charge in [-0.2, -0.15) is 0 Å². The molecule has 0 aliphatic heterocycles. The first kappa shape index (κ1) is 15.5. The maximum Gasteiger partial charge on any atom is 0.196 e. The van der Waals surface area contributed by atoms with E-state index in [9.17, 15) is 4.79 Å². The van der Waals surface area contributed by atoms with Crippen molar-refractivity contribution in [2.24, 2.45) is 0 Å². The second kappa shape index (κ2) is 6.83. The zero-order chi connectivity index (χ0) is 17.1. The topological polar surface area (TPSA) is 30.0 Å². The summed E-state index contributed by atoms with van der Waals surface area (Å²) in [6.45, 7) is 0. The Balaban J connectivity index is 1.81. The highest BCUT2D eigenvalue weighted by Gasteiger charge is 2.18. The molecule has 0 spiro atoms. The highest BCUT2D eigenvalue weighted by molar-refractivity contribution is 7.21. The van der Waals surface area contributed by atoms with Crippen LogP contribution in [-0.4, -0.2) is 10.8 Å². The number of benzene rings is 2. The van der Waals surface area contributed by atoms with E-state index in [1.54, 1.807) is 12.3 Å². The average molecular weight is 341 g/mol. The third-order valence-corrected chi connectivity index (χ3v) is 5.11. The van der Waals surface area contributed by atoms with Crippen LogP contribution in [0.3, 0.4) is 0 Å². The molecule has 2 aromatic carbocycles. The van der Waals surface area contributed by atoms with Crippen molar-refractivity contribution in [1.82, 2.24) is 4.98 Å². The molecule has 0 bridgehead atoms. The molecule has 0 fully saturated rings. The van der Waals surface area contributed by atoms with Gasteiger partial charge in [-0.1, -0.05) is 66.7 Å². The lowest BCUT2D eigenvalue weighted by Gasteiger charge is -2.02. The lowest BCUT2D eigenvalue weighted by molar-refractivity contribution is 0.105. The summed E-state index contributed by atoms with van der Waals surface area (Å²) in [6.07, 6.45) is 5.27. The number of pyridine rings is 1. The smallest absolute Gasteiger partial charge is 0.196 e. The van der Waals surface area contributed by atoms with E-state index >= 15 is 0 Å². The Morgan fingerprint density at radius 3 is 2.36 bits per heavy atom. The molecule has 0 atom stereocenters. The Morgan fingerprint density at radius 2 is 1.60 bits per heavy atom. The molecular formula is C22H15NOS. The molecule has 0 radical (unpaired) electrons. The summed E-state index contributed by atoms with van der Waals surface area (Å²) in [7, 11) is 0. The molecular weight excluding hydrogens is 326 g/mol. The highest BCUT2D eigenvalue weighted by atomic mass is 32.1. The Kier molecular flexibility index (Phi) is 4.23. The van der Waals surface area contributed by atoms with Gasteiger partial charge in [0.2, 0.25) is 0 Å². The minimum Gasteiger partial charge on any atom is -0.288 e. The zero-order valence-corrected chi connectivity index (χ0v) is 14.2. The standard InChI is InChI=1S/C22H15NOS/c24-19(14-13-16-8-3-1-4-9-16)21-20(17-10-5-2-6-11-17)18-12-7-15-23-22(18)25-21/h1-15H. The first-order valence-corrected chi connectivity index (χ1v) is 8.85. The predicted octanol–water partition coefficient (Wildman–Crippen LogP) is 5.86. The zero-order valence-electron chi connectivity index (χ0n) is 13.4. The summed E-state index contributed by atoms with van der Waals surface area (Å²) >= 11 is 1.45. The molecule has 2 heterocycles. The molecule has 120 valence electrons. The van der Waals surface area contributed by atoms with Crippen LogP contribution in [0.15, 0.2) is 85.1 Å². The van der Waals surface area contributed by atoms with Gasteiger partial charge >= 0.3 is 0 Å². The molecule has 4 aromatic rings. The van der Waals surface area contributed by atoms with Crippen molar-refractivity contribution in [3.05, 3.63) is 95.5 Å². The van der Waals surface area contributed by atoms with Crippen LogP contribution in [0, 0.1) is 0 Å². The van der Waals surface area contributed by atoms with Gasteiger partial charge in [-0.15, -0.1) is 11.3 Å². The van der Waals surface area contributed by atoms with Gasteiger partial charge in [0.1, 0.15) is 4.83 Å². The Hall–Kier alpha value is -3.04. The average Bonchev–Trinajstić information content (AvgIpc) is 3.07. The number of hydrogen-bond donors (Lipinski definition) is 0. The van der Waals surface area contributed by atoms with E-state index in [4.69, 9.17) is 0 Å². The predicted molar refractivity (Wildman–Crippen MR) is 105 cm³/mol. The summed E-state index contributed by atoms with van der Waals surface area (Å²) in [5.41, 5.74) is 3.02. The molecule has 3 heteroatoms. The molecule has 0 saturated heterocycles. The summed E-state index contributed by atoms with van der Waals surface area (Å²) < 4.78 is 0. The largest absolute Gasteiger partial charge is 0.288 e. The maximum absolute atomic E-state index is 12.9. The van der Waals surface area contributed by atoms with Gasteiger partial charge < -0.3 is 0 Å². The summed E-state index contributed by atoms with van der Waals surface area (Å²) in [5, 5.41) is 1.02. The van der Waals surface area contributed by atoms with Crippen LogP contribution in [-0.2, 0) is 0 Å². The molecule has 0 saturated carbocycles. The first-order chi connectivity index (χ1) is 12.3.